The number of hydrogen-bond donors (Lipinski definition) is 0. The van der Waals surface area contributed by atoms with Gasteiger partial charge >= 0.3 is 0 Å². The molecule has 0 saturated carbocycles. The number of hydrogen-bond acceptors (Lipinski definition) is 2. The Hall–Kier alpha value is -2.58. The molecule has 0 amide bonds. The van der Waals surface area contributed by atoms with Gasteiger partial charge in [-0.1, -0.05) is 84.4 Å². The molecule has 0 N–H and O–H groups in total. The SMILES string of the molecule is Clc1ccc(/C=N/N(Cc2ccccc2)Cc2ccccc2)cc1. The molecule has 0 unspecified atom stereocenters. The van der Waals surface area contributed by atoms with Crippen LogP contribution in [0, 0.1) is 0 Å². The van der Waals surface area contributed by atoms with Crippen LogP contribution < -0.4 is 0 Å². The zero-order valence-electron chi connectivity index (χ0n) is 13.3. The average Bonchev–Trinajstić information content (AvgIpc) is 2.63. The van der Waals surface area contributed by atoms with Crippen LogP contribution in [0.1, 0.15) is 16.7 Å². The van der Waals surface area contributed by atoms with Crippen molar-refractivity contribution in [2.75, 3.05) is 0 Å². The first-order valence-electron chi connectivity index (χ1n) is 7.92. The molecule has 0 saturated heterocycles. The Kier molecular flexibility index (Phi) is 5.65. The Balaban J connectivity index is 1.77. The van der Waals surface area contributed by atoms with Crippen molar-refractivity contribution in [2.45, 2.75) is 13.1 Å². The molecule has 3 rings (SSSR count). The second-order valence-electron chi connectivity index (χ2n) is 5.59. The third-order valence-electron chi connectivity index (χ3n) is 3.66. The lowest BCUT2D eigenvalue weighted by atomic mass is 10.2. The lowest BCUT2D eigenvalue weighted by Crippen LogP contribution is -2.17. The summed E-state index contributed by atoms with van der Waals surface area (Å²) in [5.74, 6) is 0. The highest BCUT2D eigenvalue weighted by molar-refractivity contribution is 6.30. The van der Waals surface area contributed by atoms with Crippen molar-refractivity contribution in [1.29, 1.82) is 0 Å². The number of halogens is 1. The van der Waals surface area contributed by atoms with Crippen LogP contribution in [0.5, 0.6) is 0 Å². The molecule has 0 aliphatic heterocycles. The van der Waals surface area contributed by atoms with E-state index < -0.39 is 0 Å². The standard InChI is InChI=1S/C21H19ClN2/c22-21-13-11-18(12-14-21)15-23-24(16-19-7-3-1-4-8-19)17-20-9-5-2-6-10-20/h1-15H,16-17H2/b23-15+. The van der Waals surface area contributed by atoms with Gasteiger partial charge < -0.3 is 0 Å². The van der Waals surface area contributed by atoms with Gasteiger partial charge in [-0.25, -0.2) is 0 Å². The summed E-state index contributed by atoms with van der Waals surface area (Å²) in [7, 11) is 0. The maximum atomic E-state index is 5.93. The number of rotatable bonds is 6. The minimum atomic E-state index is 0.734. The fourth-order valence-corrected chi connectivity index (χ4v) is 2.55. The second-order valence-corrected chi connectivity index (χ2v) is 6.03. The van der Waals surface area contributed by atoms with Crippen LogP contribution in [-0.4, -0.2) is 11.2 Å². The Labute approximate surface area is 148 Å². The average molecular weight is 335 g/mol. The van der Waals surface area contributed by atoms with Gasteiger partial charge in [0.15, 0.2) is 0 Å². The molecule has 120 valence electrons. The zero-order valence-corrected chi connectivity index (χ0v) is 14.1. The zero-order chi connectivity index (χ0) is 16.6. The van der Waals surface area contributed by atoms with Crippen molar-refractivity contribution >= 4 is 17.8 Å². The fourth-order valence-electron chi connectivity index (χ4n) is 2.42. The topological polar surface area (TPSA) is 15.6 Å². The van der Waals surface area contributed by atoms with E-state index in [-0.39, 0.29) is 0 Å². The molecule has 0 bridgehead atoms. The van der Waals surface area contributed by atoms with Crippen molar-refractivity contribution in [2.24, 2.45) is 5.10 Å². The van der Waals surface area contributed by atoms with E-state index in [1.807, 2.05) is 42.6 Å². The van der Waals surface area contributed by atoms with Crippen molar-refractivity contribution < 1.29 is 0 Å². The molecule has 24 heavy (non-hydrogen) atoms. The maximum Gasteiger partial charge on any atom is 0.0614 e. The molecule has 0 aromatic heterocycles. The predicted molar refractivity (Wildman–Crippen MR) is 101 cm³/mol. The maximum absolute atomic E-state index is 5.93. The first-order valence-corrected chi connectivity index (χ1v) is 8.30. The van der Waals surface area contributed by atoms with Crippen LogP contribution in [0.25, 0.3) is 0 Å². The summed E-state index contributed by atoms with van der Waals surface area (Å²) < 4.78 is 0. The van der Waals surface area contributed by atoms with Gasteiger partial charge in [-0.3, -0.25) is 5.01 Å². The summed E-state index contributed by atoms with van der Waals surface area (Å²) in [4.78, 5) is 0. The molecule has 0 spiro atoms. The second kappa shape index (κ2) is 8.32. The van der Waals surface area contributed by atoms with Crippen LogP contribution in [-0.2, 0) is 13.1 Å². The van der Waals surface area contributed by atoms with Gasteiger partial charge in [-0.15, -0.1) is 0 Å². The van der Waals surface area contributed by atoms with Crippen LogP contribution in [0.4, 0.5) is 0 Å². The van der Waals surface area contributed by atoms with Gasteiger partial charge in [0.2, 0.25) is 0 Å². The Morgan fingerprint density at radius 2 is 1.21 bits per heavy atom. The van der Waals surface area contributed by atoms with E-state index >= 15 is 0 Å². The third kappa shape index (κ3) is 4.97. The van der Waals surface area contributed by atoms with Crippen molar-refractivity contribution in [1.82, 2.24) is 5.01 Å². The highest BCUT2D eigenvalue weighted by Gasteiger charge is 2.04. The van der Waals surface area contributed by atoms with E-state index in [0.29, 0.717) is 0 Å². The summed E-state index contributed by atoms with van der Waals surface area (Å²) in [6.45, 7) is 1.53. The molecule has 0 atom stereocenters. The van der Waals surface area contributed by atoms with E-state index in [1.165, 1.54) is 11.1 Å². The van der Waals surface area contributed by atoms with Crippen LogP contribution in [0.2, 0.25) is 5.02 Å². The first kappa shape index (κ1) is 16.3. The van der Waals surface area contributed by atoms with E-state index in [0.717, 1.165) is 23.7 Å². The van der Waals surface area contributed by atoms with Crippen LogP contribution in [0.15, 0.2) is 90.0 Å². The van der Waals surface area contributed by atoms with Crippen molar-refractivity contribution in [3.63, 3.8) is 0 Å². The molecule has 3 heteroatoms. The summed E-state index contributed by atoms with van der Waals surface area (Å²) in [5, 5.41) is 7.48. The molecule has 0 heterocycles. The molecule has 2 nitrogen and oxygen atoms in total. The Morgan fingerprint density at radius 1 is 0.708 bits per heavy atom. The van der Waals surface area contributed by atoms with Gasteiger partial charge in [0.1, 0.15) is 0 Å². The smallest absolute Gasteiger partial charge is 0.0614 e. The van der Waals surface area contributed by atoms with Gasteiger partial charge in [0, 0.05) is 5.02 Å². The van der Waals surface area contributed by atoms with Crippen LogP contribution >= 0.6 is 11.6 Å². The minimum Gasteiger partial charge on any atom is -0.288 e. The first-order chi connectivity index (χ1) is 11.8. The molecule has 0 aliphatic carbocycles. The highest BCUT2D eigenvalue weighted by atomic mass is 35.5. The molecule has 3 aromatic rings. The molecule has 0 fully saturated rings. The van der Waals surface area contributed by atoms with E-state index in [2.05, 4.69) is 58.6 Å². The van der Waals surface area contributed by atoms with E-state index in [4.69, 9.17) is 11.6 Å². The third-order valence-corrected chi connectivity index (χ3v) is 3.91. The molecule has 0 aliphatic rings. The highest BCUT2D eigenvalue weighted by Crippen LogP contribution is 2.12. The van der Waals surface area contributed by atoms with Gasteiger partial charge in [-0.2, -0.15) is 5.10 Å². The Bertz CT molecular complexity index is 726. The van der Waals surface area contributed by atoms with Gasteiger partial charge in [0.25, 0.3) is 0 Å². The molecular weight excluding hydrogens is 316 g/mol. The van der Waals surface area contributed by atoms with Crippen molar-refractivity contribution in [3.8, 4) is 0 Å². The predicted octanol–water partition coefficient (Wildman–Crippen LogP) is 5.38. The number of nitrogens with zero attached hydrogens (tertiary/aromatic N) is 2. The van der Waals surface area contributed by atoms with Crippen LogP contribution in [0.3, 0.4) is 0 Å². The summed E-state index contributed by atoms with van der Waals surface area (Å²) in [5.41, 5.74) is 3.51. The van der Waals surface area contributed by atoms with E-state index in [9.17, 15) is 0 Å². The summed E-state index contributed by atoms with van der Waals surface area (Å²) >= 11 is 5.93. The normalized spacial score (nSPS) is 10.9. The number of benzene rings is 3. The number of hydrazone groups is 1. The largest absolute Gasteiger partial charge is 0.288 e. The van der Waals surface area contributed by atoms with E-state index in [1.54, 1.807) is 0 Å². The summed E-state index contributed by atoms with van der Waals surface area (Å²) in [6, 6.07) is 28.4. The van der Waals surface area contributed by atoms with Gasteiger partial charge in [0.05, 0.1) is 19.3 Å². The molecule has 3 aromatic carbocycles. The van der Waals surface area contributed by atoms with Crippen molar-refractivity contribution in [3.05, 3.63) is 107 Å². The molecular formula is C21H19ClN2. The monoisotopic (exact) mass is 334 g/mol. The lowest BCUT2D eigenvalue weighted by molar-refractivity contribution is 0.272. The summed E-state index contributed by atoms with van der Waals surface area (Å²) in [6.07, 6.45) is 1.88. The fraction of sp³-hybridized carbons (Fsp3) is 0.0952. The Morgan fingerprint density at radius 3 is 1.71 bits per heavy atom. The molecule has 0 radical (unpaired) electrons. The lowest BCUT2D eigenvalue weighted by Gasteiger charge is -2.19. The van der Waals surface area contributed by atoms with Gasteiger partial charge in [-0.05, 0) is 28.8 Å². The quantitative estimate of drug-likeness (QED) is 0.436. The minimum absolute atomic E-state index is 0.734.